The molecule has 0 aliphatic carbocycles. The molecule has 250 valence electrons. The number of rotatable bonds is 8. The van der Waals surface area contributed by atoms with E-state index < -0.39 is 5.41 Å². The van der Waals surface area contributed by atoms with E-state index in [1.54, 1.807) is 0 Å². The van der Waals surface area contributed by atoms with E-state index in [4.69, 9.17) is 13.9 Å². The molecule has 0 unspecified atom stereocenters. The number of para-hydroxylation sites is 2. The molecule has 3 aromatic heterocycles. The number of allylic oxidation sites excluding steroid dienone is 2. The van der Waals surface area contributed by atoms with Gasteiger partial charge in [0.25, 0.3) is 0 Å². The van der Waals surface area contributed by atoms with Gasteiger partial charge in [-0.2, -0.15) is 5.10 Å². The summed E-state index contributed by atoms with van der Waals surface area (Å²) in [6.45, 7) is 0.739. The quantitative estimate of drug-likeness (QED) is 0.161. The van der Waals surface area contributed by atoms with Gasteiger partial charge in [0.2, 0.25) is 0 Å². The van der Waals surface area contributed by atoms with Gasteiger partial charge in [-0.05, 0) is 90.2 Å². The maximum atomic E-state index is 6.14. The second-order valence-corrected chi connectivity index (χ2v) is 13.7. The van der Waals surface area contributed by atoms with Crippen LogP contribution < -0.4 is 4.90 Å². The smallest absolute Gasteiger partial charge is 0.135 e. The molecule has 0 spiro atoms. The Balaban J connectivity index is 1.07. The van der Waals surface area contributed by atoms with Crippen LogP contribution in [0.3, 0.4) is 0 Å². The number of hydrogen-bond acceptors (Lipinski definition) is 4. The molecule has 5 heteroatoms. The van der Waals surface area contributed by atoms with E-state index in [0.29, 0.717) is 0 Å². The zero-order valence-electron chi connectivity index (χ0n) is 28.5. The van der Waals surface area contributed by atoms with Crippen molar-refractivity contribution in [2.45, 2.75) is 18.3 Å². The number of furan rings is 2. The summed E-state index contributed by atoms with van der Waals surface area (Å²) in [4.78, 5) is 2.31. The highest BCUT2D eigenvalue weighted by molar-refractivity contribution is 6.06. The van der Waals surface area contributed by atoms with Gasteiger partial charge in [0, 0.05) is 51.6 Å². The van der Waals surface area contributed by atoms with Crippen molar-refractivity contribution >= 4 is 49.6 Å². The molecule has 0 N–H and O–H groups in total. The van der Waals surface area contributed by atoms with Crippen LogP contribution in [0, 0.1) is 0 Å². The largest absolute Gasteiger partial charge is 0.456 e. The zero-order valence-corrected chi connectivity index (χ0v) is 28.5. The van der Waals surface area contributed by atoms with Crippen molar-refractivity contribution < 1.29 is 8.83 Å². The lowest BCUT2D eigenvalue weighted by molar-refractivity contribution is 0.483. The molecule has 0 saturated heterocycles. The van der Waals surface area contributed by atoms with Crippen LogP contribution in [0.15, 0.2) is 191 Å². The summed E-state index contributed by atoms with van der Waals surface area (Å²) >= 11 is 0. The average molecular weight is 674 g/mol. The third-order valence-corrected chi connectivity index (χ3v) is 10.6. The summed E-state index contributed by atoms with van der Waals surface area (Å²) in [5.41, 5.74) is 10.1. The molecular weight excluding hydrogens is 639 g/mol. The van der Waals surface area contributed by atoms with Crippen LogP contribution in [0.5, 0.6) is 0 Å². The van der Waals surface area contributed by atoms with Gasteiger partial charge in [0.05, 0.1) is 11.4 Å². The van der Waals surface area contributed by atoms with Gasteiger partial charge in [0.1, 0.15) is 22.3 Å². The summed E-state index contributed by atoms with van der Waals surface area (Å²) in [5.74, 6) is 0. The van der Waals surface area contributed by atoms with Crippen LogP contribution in [-0.2, 0) is 18.3 Å². The van der Waals surface area contributed by atoms with Crippen LogP contribution in [0.1, 0.15) is 16.8 Å². The fraction of sp³-hybridized carbons (Fsp3) is 0.0851. The fourth-order valence-corrected chi connectivity index (χ4v) is 8.00. The third-order valence-electron chi connectivity index (χ3n) is 10.6. The van der Waals surface area contributed by atoms with Gasteiger partial charge in [0.15, 0.2) is 0 Å². The van der Waals surface area contributed by atoms with E-state index in [0.717, 1.165) is 80.3 Å². The van der Waals surface area contributed by atoms with Crippen LogP contribution in [-0.4, -0.2) is 16.3 Å². The zero-order chi connectivity index (χ0) is 34.5. The molecule has 0 saturated carbocycles. The van der Waals surface area contributed by atoms with Crippen molar-refractivity contribution in [1.29, 1.82) is 0 Å². The van der Waals surface area contributed by atoms with Gasteiger partial charge in [-0.25, -0.2) is 4.68 Å². The van der Waals surface area contributed by atoms with E-state index in [2.05, 4.69) is 157 Å². The van der Waals surface area contributed by atoms with Gasteiger partial charge >= 0.3 is 0 Å². The molecule has 0 radical (unpaired) electrons. The first-order chi connectivity index (χ1) is 25.7. The lowest BCUT2D eigenvalue weighted by atomic mass is 9.68. The van der Waals surface area contributed by atoms with E-state index >= 15 is 0 Å². The molecule has 0 atom stereocenters. The second-order valence-electron chi connectivity index (χ2n) is 13.7. The monoisotopic (exact) mass is 673 g/mol. The lowest BCUT2D eigenvalue weighted by Gasteiger charge is -2.37. The van der Waals surface area contributed by atoms with Crippen LogP contribution in [0.25, 0.3) is 49.6 Å². The molecule has 1 aliphatic heterocycles. The molecule has 5 nitrogen and oxygen atoms in total. The molecule has 52 heavy (non-hydrogen) atoms. The molecule has 1 aliphatic rings. The predicted octanol–water partition coefficient (Wildman–Crippen LogP) is 11.4. The van der Waals surface area contributed by atoms with Crippen LogP contribution >= 0.6 is 0 Å². The summed E-state index contributed by atoms with van der Waals surface area (Å²) in [5, 5.41) is 9.88. The summed E-state index contributed by atoms with van der Waals surface area (Å²) < 4.78 is 14.3. The van der Waals surface area contributed by atoms with Crippen molar-refractivity contribution in [3.8, 4) is 5.69 Å². The molecular formula is C47H35N3O2. The second kappa shape index (κ2) is 12.3. The number of fused-ring (bicyclic) bond motifs is 6. The predicted molar refractivity (Wildman–Crippen MR) is 211 cm³/mol. The number of anilines is 1. The molecule has 4 heterocycles. The van der Waals surface area contributed by atoms with Crippen LogP contribution in [0.4, 0.5) is 5.69 Å². The molecule has 0 bridgehead atoms. The SMILES string of the molecule is C1=CN(c2ccc3oc4ccccc4c3c2)CC=C1C(Cc1ccccc1)(Cc1ccccc1)c1ccn(-c2ccc3oc4ccccc4c3c2)n1. The van der Waals surface area contributed by atoms with Crippen molar-refractivity contribution in [2.24, 2.45) is 0 Å². The molecule has 0 amide bonds. The summed E-state index contributed by atoms with van der Waals surface area (Å²) in [7, 11) is 0. The third kappa shape index (κ3) is 5.21. The molecule has 9 aromatic rings. The minimum Gasteiger partial charge on any atom is -0.456 e. The minimum atomic E-state index is -0.437. The Morgan fingerprint density at radius 1 is 0.538 bits per heavy atom. The summed E-state index contributed by atoms with van der Waals surface area (Å²) in [6.07, 6.45) is 10.6. The maximum Gasteiger partial charge on any atom is 0.135 e. The Bertz CT molecular complexity index is 2740. The first-order valence-electron chi connectivity index (χ1n) is 17.8. The minimum absolute atomic E-state index is 0.437. The number of aromatic nitrogens is 2. The Labute approximate surface area is 301 Å². The van der Waals surface area contributed by atoms with Gasteiger partial charge < -0.3 is 13.7 Å². The highest BCUT2D eigenvalue weighted by atomic mass is 16.3. The summed E-state index contributed by atoms with van der Waals surface area (Å²) in [6, 6.07) is 53.1. The van der Waals surface area contributed by atoms with Crippen LogP contribution in [0.2, 0.25) is 0 Å². The highest BCUT2D eigenvalue weighted by Gasteiger charge is 2.39. The van der Waals surface area contributed by atoms with Crippen molar-refractivity contribution in [3.05, 3.63) is 199 Å². The molecule has 6 aromatic carbocycles. The topological polar surface area (TPSA) is 47.3 Å². The number of hydrogen-bond donors (Lipinski definition) is 0. The molecule has 0 fully saturated rings. The van der Waals surface area contributed by atoms with E-state index in [1.165, 1.54) is 16.7 Å². The standard InChI is InChI=1S/C47H35N3O2/c1-3-11-33(12-4-1)31-47(32-34-13-5-2-6-14-34,46-25-28-50(48-46)37-20-22-45-41(30-37)39-16-8-10-18-43(39)52-45)35-23-26-49(27-24-35)36-19-21-44-40(29-36)38-15-7-9-17-42(38)51-44/h1-26,28-30H,27,31-32H2. The first-order valence-corrected chi connectivity index (χ1v) is 17.8. The Hall–Kier alpha value is -6.59. The maximum absolute atomic E-state index is 6.14. The van der Waals surface area contributed by atoms with E-state index in [-0.39, 0.29) is 0 Å². The Morgan fingerprint density at radius 3 is 1.67 bits per heavy atom. The normalized spacial score (nSPS) is 13.5. The fourth-order valence-electron chi connectivity index (χ4n) is 8.00. The van der Waals surface area contributed by atoms with Crippen molar-refractivity contribution in [1.82, 2.24) is 9.78 Å². The van der Waals surface area contributed by atoms with E-state index in [1.807, 2.05) is 28.9 Å². The molecule has 10 rings (SSSR count). The Morgan fingerprint density at radius 2 is 1.08 bits per heavy atom. The highest BCUT2D eigenvalue weighted by Crippen LogP contribution is 2.42. The number of nitrogens with zero attached hydrogens (tertiary/aromatic N) is 3. The first kappa shape index (κ1) is 30.3. The van der Waals surface area contributed by atoms with Gasteiger partial charge in [-0.15, -0.1) is 0 Å². The lowest BCUT2D eigenvalue weighted by Crippen LogP contribution is -2.36. The van der Waals surface area contributed by atoms with Crippen molar-refractivity contribution in [3.63, 3.8) is 0 Å². The number of benzene rings is 6. The van der Waals surface area contributed by atoms with Gasteiger partial charge in [-0.3, -0.25) is 0 Å². The Kier molecular flexibility index (Phi) is 7.17. The van der Waals surface area contributed by atoms with E-state index in [9.17, 15) is 0 Å². The van der Waals surface area contributed by atoms with Gasteiger partial charge in [-0.1, -0.05) is 103 Å². The average Bonchev–Trinajstić information content (AvgIpc) is 3.94. The van der Waals surface area contributed by atoms with Crippen molar-refractivity contribution in [2.75, 3.05) is 11.4 Å².